The molecule has 3 nitrogen and oxygen atoms in total. The molecule has 0 bridgehead atoms. The van der Waals surface area contributed by atoms with E-state index in [1.165, 1.54) is 0 Å². The molecule has 19 heavy (non-hydrogen) atoms. The number of nitrogens with one attached hydrogen (secondary N) is 1. The highest BCUT2D eigenvalue weighted by Gasteiger charge is 2.27. The van der Waals surface area contributed by atoms with Crippen molar-refractivity contribution in [3.8, 4) is 0 Å². The molecule has 2 rings (SSSR count). The Labute approximate surface area is 114 Å². The fourth-order valence-corrected chi connectivity index (χ4v) is 2.46. The predicted molar refractivity (Wildman–Crippen MR) is 77.0 cm³/mol. The summed E-state index contributed by atoms with van der Waals surface area (Å²) in [7, 11) is 0. The van der Waals surface area contributed by atoms with Gasteiger partial charge in [-0.1, -0.05) is 38.1 Å². The first kappa shape index (κ1) is 13.7. The molecule has 1 aliphatic rings. The molecule has 2 atom stereocenters. The Morgan fingerprint density at radius 3 is 2.74 bits per heavy atom. The molecule has 0 aliphatic heterocycles. The lowest BCUT2D eigenvalue weighted by Crippen LogP contribution is -2.32. The fraction of sp³-hybridized carbons (Fsp3) is 0.438. The number of allylic oxidation sites excluding steroid dienone is 1. The van der Waals surface area contributed by atoms with Gasteiger partial charge in [0, 0.05) is 11.6 Å². The predicted octanol–water partition coefficient (Wildman–Crippen LogP) is 4.23. The molecule has 1 aromatic rings. The summed E-state index contributed by atoms with van der Waals surface area (Å²) in [6.45, 7) is 4.35. The van der Waals surface area contributed by atoms with Crippen LogP contribution in [0.25, 0.3) is 0 Å². The van der Waals surface area contributed by atoms with Crippen molar-refractivity contribution < 1.29 is 9.53 Å². The van der Waals surface area contributed by atoms with Crippen LogP contribution in [0.5, 0.6) is 0 Å². The van der Waals surface area contributed by atoms with Crippen LogP contribution in [0.1, 0.15) is 26.7 Å². The van der Waals surface area contributed by atoms with E-state index in [2.05, 4.69) is 25.2 Å². The van der Waals surface area contributed by atoms with Gasteiger partial charge in [-0.3, -0.25) is 5.32 Å². The van der Waals surface area contributed by atoms with Crippen LogP contribution < -0.4 is 5.32 Å². The maximum Gasteiger partial charge on any atom is 0.412 e. The summed E-state index contributed by atoms with van der Waals surface area (Å²) in [5, 5.41) is 2.75. The summed E-state index contributed by atoms with van der Waals surface area (Å²) >= 11 is 0. The number of amides is 1. The second-order valence-electron chi connectivity index (χ2n) is 5.27. The largest absolute Gasteiger partial charge is 0.441 e. The number of ether oxygens (including phenoxy) is 1. The molecule has 102 valence electrons. The van der Waals surface area contributed by atoms with Crippen molar-refractivity contribution in [3.05, 3.63) is 42.5 Å². The minimum absolute atomic E-state index is 0.113. The van der Waals surface area contributed by atoms with Gasteiger partial charge >= 0.3 is 6.09 Å². The van der Waals surface area contributed by atoms with E-state index in [0.29, 0.717) is 11.8 Å². The smallest absolute Gasteiger partial charge is 0.412 e. The molecule has 0 aromatic heterocycles. The molecule has 0 radical (unpaired) electrons. The molecule has 0 saturated heterocycles. The lowest BCUT2D eigenvalue weighted by Gasteiger charge is -2.30. The van der Waals surface area contributed by atoms with Crippen LogP contribution in [-0.2, 0) is 4.74 Å². The van der Waals surface area contributed by atoms with Gasteiger partial charge in [0.15, 0.2) is 0 Å². The van der Waals surface area contributed by atoms with Gasteiger partial charge in [-0.05, 0) is 37.0 Å². The quantitative estimate of drug-likeness (QED) is 0.825. The average Bonchev–Trinajstić information content (AvgIpc) is 2.40. The van der Waals surface area contributed by atoms with E-state index in [9.17, 15) is 4.79 Å². The number of carbonyl (C=O) groups excluding carboxylic acids is 1. The maximum absolute atomic E-state index is 11.9. The first-order valence-corrected chi connectivity index (χ1v) is 6.86. The van der Waals surface area contributed by atoms with Crippen LogP contribution in [0, 0.1) is 11.8 Å². The number of anilines is 1. The molecule has 0 saturated carbocycles. The van der Waals surface area contributed by atoms with E-state index in [1.807, 2.05) is 36.4 Å². The molecule has 3 heteroatoms. The molecule has 0 spiro atoms. The SMILES string of the molecule is CC(C)[C@@H]1CCC=C[C@H]1OC(=O)Nc1ccccc1. The van der Waals surface area contributed by atoms with Gasteiger partial charge in [0.05, 0.1) is 0 Å². The highest BCUT2D eigenvalue weighted by atomic mass is 16.6. The summed E-state index contributed by atoms with van der Waals surface area (Å²) in [4.78, 5) is 11.9. The Kier molecular flexibility index (Phi) is 4.61. The van der Waals surface area contributed by atoms with Crippen LogP contribution in [0.4, 0.5) is 10.5 Å². The van der Waals surface area contributed by atoms with Gasteiger partial charge in [0.2, 0.25) is 0 Å². The molecule has 1 aliphatic carbocycles. The van der Waals surface area contributed by atoms with Crippen molar-refractivity contribution in [2.24, 2.45) is 11.8 Å². The summed E-state index contributed by atoms with van der Waals surface area (Å²) in [5.41, 5.74) is 0.758. The number of hydrogen-bond donors (Lipinski definition) is 1. The Balaban J connectivity index is 1.94. The van der Waals surface area contributed by atoms with Gasteiger partial charge < -0.3 is 4.74 Å². The van der Waals surface area contributed by atoms with Crippen LogP contribution in [0.3, 0.4) is 0 Å². The van der Waals surface area contributed by atoms with Crippen molar-refractivity contribution >= 4 is 11.8 Å². The number of hydrogen-bond acceptors (Lipinski definition) is 2. The molecule has 0 unspecified atom stereocenters. The summed E-state index contributed by atoms with van der Waals surface area (Å²) in [6.07, 6.45) is 5.77. The lowest BCUT2D eigenvalue weighted by atomic mass is 9.83. The van der Waals surface area contributed by atoms with Crippen LogP contribution in [0.2, 0.25) is 0 Å². The van der Waals surface area contributed by atoms with Crippen molar-refractivity contribution in [2.75, 3.05) is 5.32 Å². The zero-order chi connectivity index (χ0) is 13.7. The van der Waals surface area contributed by atoms with Gasteiger partial charge in [-0.2, -0.15) is 0 Å². The number of benzene rings is 1. The van der Waals surface area contributed by atoms with Crippen LogP contribution in [-0.4, -0.2) is 12.2 Å². The molecule has 0 heterocycles. The highest BCUT2D eigenvalue weighted by Crippen LogP contribution is 2.28. The molecular formula is C16H21NO2. The Bertz CT molecular complexity index is 439. The van der Waals surface area contributed by atoms with Gasteiger partial charge in [0.1, 0.15) is 6.10 Å². The van der Waals surface area contributed by atoms with E-state index >= 15 is 0 Å². The van der Waals surface area contributed by atoms with Crippen molar-refractivity contribution in [2.45, 2.75) is 32.8 Å². The third-order valence-corrected chi connectivity index (χ3v) is 3.53. The van der Waals surface area contributed by atoms with E-state index < -0.39 is 0 Å². The minimum atomic E-state index is -0.381. The summed E-state index contributed by atoms with van der Waals surface area (Å²) in [5.74, 6) is 0.922. The number of para-hydroxylation sites is 1. The molecule has 1 aromatic carbocycles. The highest BCUT2D eigenvalue weighted by molar-refractivity contribution is 5.84. The van der Waals surface area contributed by atoms with E-state index in [4.69, 9.17) is 4.74 Å². The van der Waals surface area contributed by atoms with Gasteiger partial charge in [0.25, 0.3) is 0 Å². The number of rotatable bonds is 3. The second-order valence-corrected chi connectivity index (χ2v) is 5.27. The lowest BCUT2D eigenvalue weighted by molar-refractivity contribution is 0.0764. The Morgan fingerprint density at radius 1 is 1.32 bits per heavy atom. The normalized spacial score (nSPS) is 22.3. The van der Waals surface area contributed by atoms with E-state index in [-0.39, 0.29) is 12.2 Å². The minimum Gasteiger partial charge on any atom is -0.441 e. The molecule has 0 fully saturated rings. The first-order chi connectivity index (χ1) is 9.16. The van der Waals surface area contributed by atoms with E-state index in [0.717, 1.165) is 18.5 Å². The van der Waals surface area contributed by atoms with Gasteiger partial charge in [-0.25, -0.2) is 4.79 Å². The Morgan fingerprint density at radius 2 is 2.05 bits per heavy atom. The first-order valence-electron chi connectivity index (χ1n) is 6.86. The van der Waals surface area contributed by atoms with Crippen molar-refractivity contribution in [1.82, 2.24) is 0 Å². The molecular weight excluding hydrogens is 238 g/mol. The van der Waals surface area contributed by atoms with Crippen LogP contribution >= 0.6 is 0 Å². The molecule has 1 N–H and O–H groups in total. The number of carbonyl (C=O) groups is 1. The Hall–Kier alpha value is -1.77. The second kappa shape index (κ2) is 6.41. The maximum atomic E-state index is 11.9. The average molecular weight is 259 g/mol. The summed E-state index contributed by atoms with van der Waals surface area (Å²) < 4.78 is 5.53. The topological polar surface area (TPSA) is 38.3 Å². The standard InChI is InChI=1S/C16H21NO2/c1-12(2)14-10-6-7-11-15(14)19-16(18)17-13-8-4-3-5-9-13/h3-5,7-9,11-12,14-15H,6,10H2,1-2H3,(H,17,18)/t14-,15+/m0/s1. The zero-order valence-electron chi connectivity index (χ0n) is 11.5. The van der Waals surface area contributed by atoms with Crippen molar-refractivity contribution in [1.29, 1.82) is 0 Å². The van der Waals surface area contributed by atoms with E-state index in [1.54, 1.807) is 0 Å². The third-order valence-electron chi connectivity index (χ3n) is 3.53. The van der Waals surface area contributed by atoms with Crippen molar-refractivity contribution in [3.63, 3.8) is 0 Å². The molecule has 1 amide bonds. The third kappa shape index (κ3) is 3.85. The monoisotopic (exact) mass is 259 g/mol. The summed E-state index contributed by atoms with van der Waals surface area (Å²) in [6, 6.07) is 9.37. The van der Waals surface area contributed by atoms with Crippen LogP contribution in [0.15, 0.2) is 42.5 Å². The zero-order valence-corrected chi connectivity index (χ0v) is 11.5. The van der Waals surface area contributed by atoms with Gasteiger partial charge in [-0.15, -0.1) is 0 Å². The fourth-order valence-electron chi connectivity index (χ4n) is 2.46.